The van der Waals surface area contributed by atoms with Gasteiger partial charge in [0, 0.05) is 6.04 Å². The third kappa shape index (κ3) is 4.06. The van der Waals surface area contributed by atoms with Gasteiger partial charge in [0.2, 0.25) is 5.91 Å². The van der Waals surface area contributed by atoms with Crippen LogP contribution in [0.15, 0.2) is 30.3 Å². The lowest BCUT2D eigenvalue weighted by molar-refractivity contribution is -0.135. The highest BCUT2D eigenvalue weighted by atomic mass is 16.2. The van der Waals surface area contributed by atoms with E-state index >= 15 is 0 Å². The second-order valence-electron chi connectivity index (χ2n) is 7.30. The first-order valence-corrected chi connectivity index (χ1v) is 9.30. The topological polar surface area (TPSA) is 78.5 Å². The van der Waals surface area contributed by atoms with Crippen LogP contribution >= 0.6 is 0 Å². The molecule has 0 spiro atoms. The van der Waals surface area contributed by atoms with Gasteiger partial charge in [-0.1, -0.05) is 63.9 Å². The average Bonchev–Trinajstić information content (AvgIpc) is 2.85. The number of nitrogens with one attached hydrogen (secondary N) is 2. The Hall–Kier alpha value is -2.37. The van der Waals surface area contributed by atoms with Crippen molar-refractivity contribution in [3.05, 3.63) is 35.9 Å². The SMILES string of the molecule is CCCCC1(c2ccccc2)NC(=O)N(CC(=O)NC(C)C(C)C)C1=O. The second kappa shape index (κ2) is 8.34. The summed E-state index contributed by atoms with van der Waals surface area (Å²) < 4.78 is 0. The monoisotopic (exact) mass is 359 g/mol. The van der Waals surface area contributed by atoms with Gasteiger partial charge in [-0.3, -0.25) is 14.5 Å². The number of nitrogens with zero attached hydrogens (tertiary/aromatic N) is 1. The third-order valence-corrected chi connectivity index (χ3v) is 5.04. The van der Waals surface area contributed by atoms with Crippen molar-refractivity contribution in [2.24, 2.45) is 5.92 Å². The molecule has 0 radical (unpaired) electrons. The Labute approximate surface area is 155 Å². The normalized spacial score (nSPS) is 21.0. The van der Waals surface area contributed by atoms with Crippen molar-refractivity contribution in [3.63, 3.8) is 0 Å². The number of benzene rings is 1. The van der Waals surface area contributed by atoms with Gasteiger partial charge in [0.05, 0.1) is 0 Å². The Bertz CT molecular complexity index is 660. The minimum atomic E-state index is -1.09. The smallest absolute Gasteiger partial charge is 0.325 e. The summed E-state index contributed by atoms with van der Waals surface area (Å²) in [5, 5.41) is 5.70. The van der Waals surface area contributed by atoms with Crippen molar-refractivity contribution in [2.75, 3.05) is 6.54 Å². The molecular formula is C20H29N3O3. The summed E-state index contributed by atoms with van der Waals surface area (Å²) in [5.41, 5.74) is -0.330. The average molecular weight is 359 g/mol. The Morgan fingerprint density at radius 3 is 2.42 bits per heavy atom. The summed E-state index contributed by atoms with van der Waals surface area (Å²) in [6.45, 7) is 7.69. The standard InChI is InChI=1S/C20H29N3O3/c1-5-6-12-20(16-10-8-7-9-11-16)18(25)23(19(26)22-20)13-17(24)21-15(4)14(2)3/h7-11,14-15H,5-6,12-13H2,1-4H3,(H,21,24)(H,22,26). The maximum Gasteiger partial charge on any atom is 0.325 e. The number of unbranched alkanes of at least 4 members (excludes halogenated alkanes) is 1. The van der Waals surface area contributed by atoms with Crippen LogP contribution < -0.4 is 10.6 Å². The third-order valence-electron chi connectivity index (χ3n) is 5.04. The fourth-order valence-electron chi connectivity index (χ4n) is 3.05. The molecule has 1 saturated heterocycles. The Morgan fingerprint density at radius 1 is 1.19 bits per heavy atom. The van der Waals surface area contributed by atoms with Gasteiger partial charge in [0.1, 0.15) is 12.1 Å². The van der Waals surface area contributed by atoms with E-state index in [0.717, 1.165) is 23.3 Å². The van der Waals surface area contributed by atoms with E-state index in [-0.39, 0.29) is 30.3 Å². The molecule has 0 saturated carbocycles. The molecule has 0 aliphatic carbocycles. The largest absolute Gasteiger partial charge is 0.352 e. The van der Waals surface area contributed by atoms with Crippen molar-refractivity contribution in [1.82, 2.24) is 15.5 Å². The first-order valence-electron chi connectivity index (χ1n) is 9.30. The molecule has 1 aromatic rings. The van der Waals surface area contributed by atoms with E-state index < -0.39 is 11.6 Å². The van der Waals surface area contributed by atoms with Crippen molar-refractivity contribution < 1.29 is 14.4 Å². The van der Waals surface area contributed by atoms with Gasteiger partial charge in [-0.05, 0) is 24.8 Å². The summed E-state index contributed by atoms with van der Waals surface area (Å²) in [7, 11) is 0. The quantitative estimate of drug-likeness (QED) is 0.701. The summed E-state index contributed by atoms with van der Waals surface area (Å²) in [6.07, 6.45) is 2.22. The zero-order valence-electron chi connectivity index (χ0n) is 16.0. The summed E-state index contributed by atoms with van der Waals surface area (Å²) in [4.78, 5) is 39.0. The van der Waals surface area contributed by atoms with E-state index in [0.29, 0.717) is 6.42 Å². The van der Waals surface area contributed by atoms with Crippen molar-refractivity contribution in [3.8, 4) is 0 Å². The van der Waals surface area contributed by atoms with E-state index in [4.69, 9.17) is 0 Å². The molecule has 26 heavy (non-hydrogen) atoms. The van der Waals surface area contributed by atoms with Crippen LogP contribution in [0.4, 0.5) is 4.79 Å². The molecule has 2 unspecified atom stereocenters. The molecule has 2 rings (SSSR count). The number of hydrogen-bond acceptors (Lipinski definition) is 3. The maximum atomic E-state index is 13.2. The molecule has 1 aromatic carbocycles. The minimum Gasteiger partial charge on any atom is -0.352 e. The molecule has 142 valence electrons. The molecular weight excluding hydrogens is 330 g/mol. The highest BCUT2D eigenvalue weighted by molar-refractivity contribution is 6.09. The lowest BCUT2D eigenvalue weighted by atomic mass is 9.85. The van der Waals surface area contributed by atoms with Crippen LogP contribution in [0.2, 0.25) is 0 Å². The van der Waals surface area contributed by atoms with Crippen LogP contribution in [-0.4, -0.2) is 35.3 Å². The van der Waals surface area contributed by atoms with E-state index in [1.54, 1.807) is 0 Å². The molecule has 1 fully saturated rings. The van der Waals surface area contributed by atoms with Gasteiger partial charge >= 0.3 is 6.03 Å². The molecule has 6 nitrogen and oxygen atoms in total. The van der Waals surface area contributed by atoms with Crippen molar-refractivity contribution in [1.29, 1.82) is 0 Å². The van der Waals surface area contributed by atoms with E-state index in [1.165, 1.54) is 0 Å². The summed E-state index contributed by atoms with van der Waals surface area (Å²) in [6, 6.07) is 8.72. The van der Waals surface area contributed by atoms with E-state index in [9.17, 15) is 14.4 Å². The van der Waals surface area contributed by atoms with Crippen LogP contribution in [0.1, 0.15) is 52.5 Å². The van der Waals surface area contributed by atoms with Gasteiger partial charge in [0.25, 0.3) is 5.91 Å². The molecule has 0 bridgehead atoms. The predicted molar refractivity (Wildman–Crippen MR) is 100 cm³/mol. The Balaban J connectivity index is 2.22. The predicted octanol–water partition coefficient (Wildman–Crippen LogP) is 2.78. The molecule has 1 heterocycles. The molecule has 2 N–H and O–H groups in total. The van der Waals surface area contributed by atoms with Crippen molar-refractivity contribution in [2.45, 2.75) is 58.5 Å². The van der Waals surface area contributed by atoms with Gasteiger partial charge < -0.3 is 10.6 Å². The van der Waals surface area contributed by atoms with Gasteiger partial charge in [-0.15, -0.1) is 0 Å². The fourth-order valence-corrected chi connectivity index (χ4v) is 3.05. The van der Waals surface area contributed by atoms with Gasteiger partial charge in [-0.2, -0.15) is 0 Å². The van der Waals surface area contributed by atoms with Crippen LogP contribution in [-0.2, 0) is 15.1 Å². The van der Waals surface area contributed by atoms with Crippen LogP contribution in [0.25, 0.3) is 0 Å². The Morgan fingerprint density at radius 2 is 1.85 bits per heavy atom. The molecule has 2 atom stereocenters. The van der Waals surface area contributed by atoms with Gasteiger partial charge in [-0.25, -0.2) is 4.79 Å². The Kier molecular flexibility index (Phi) is 6.40. The van der Waals surface area contributed by atoms with Crippen LogP contribution in [0.3, 0.4) is 0 Å². The van der Waals surface area contributed by atoms with Crippen LogP contribution in [0, 0.1) is 5.92 Å². The number of hydrogen-bond donors (Lipinski definition) is 2. The lowest BCUT2D eigenvalue weighted by Gasteiger charge is -2.27. The number of carbonyl (C=O) groups is 3. The molecule has 0 aromatic heterocycles. The molecule has 4 amide bonds. The number of carbonyl (C=O) groups excluding carboxylic acids is 3. The maximum absolute atomic E-state index is 13.2. The van der Waals surface area contributed by atoms with Gasteiger partial charge in [0.15, 0.2) is 0 Å². The highest BCUT2D eigenvalue weighted by Gasteiger charge is 2.52. The van der Waals surface area contributed by atoms with Crippen molar-refractivity contribution >= 4 is 17.8 Å². The van der Waals surface area contributed by atoms with Crippen LogP contribution in [0.5, 0.6) is 0 Å². The molecule has 6 heteroatoms. The first-order chi connectivity index (χ1) is 12.3. The lowest BCUT2D eigenvalue weighted by Crippen LogP contribution is -2.46. The first kappa shape index (κ1) is 19.9. The number of amides is 4. The molecule has 1 aliphatic heterocycles. The molecule has 1 aliphatic rings. The second-order valence-corrected chi connectivity index (χ2v) is 7.30. The van der Waals surface area contributed by atoms with E-state index in [1.807, 2.05) is 58.0 Å². The highest BCUT2D eigenvalue weighted by Crippen LogP contribution is 2.34. The minimum absolute atomic E-state index is 0.0257. The summed E-state index contributed by atoms with van der Waals surface area (Å²) in [5.74, 6) is -0.404. The number of urea groups is 1. The summed E-state index contributed by atoms with van der Waals surface area (Å²) >= 11 is 0. The fraction of sp³-hybridized carbons (Fsp3) is 0.550. The van der Waals surface area contributed by atoms with E-state index in [2.05, 4.69) is 10.6 Å². The number of imide groups is 1. The zero-order valence-corrected chi connectivity index (χ0v) is 16.0. The number of rotatable bonds is 8. The zero-order chi connectivity index (χ0) is 19.3.